The first-order valence-electron chi connectivity index (χ1n) is 11.8. The number of pyridine rings is 1. The van der Waals surface area contributed by atoms with Crippen molar-refractivity contribution in [1.82, 2.24) is 15.8 Å². The third kappa shape index (κ3) is 4.48. The second-order valence-corrected chi connectivity index (χ2v) is 12.7. The Morgan fingerprint density at radius 2 is 1.82 bits per heavy atom. The van der Waals surface area contributed by atoms with Gasteiger partial charge in [0.05, 0.1) is 6.20 Å². The number of benzene rings is 1. The topological polar surface area (TPSA) is 74.3 Å². The van der Waals surface area contributed by atoms with Gasteiger partial charge in [0.1, 0.15) is 18.8 Å². The molecule has 2 N–H and O–H groups in total. The summed E-state index contributed by atoms with van der Waals surface area (Å²) in [5, 5.41) is 0.234. The molecule has 1 amide bonds. The second-order valence-electron chi connectivity index (χ2n) is 9.57. The Labute approximate surface area is 196 Å². The summed E-state index contributed by atoms with van der Waals surface area (Å²) in [6, 6.07) is 5.61. The zero-order valence-corrected chi connectivity index (χ0v) is 19.7. The van der Waals surface area contributed by atoms with Crippen LogP contribution in [0, 0.1) is 29.3 Å². The van der Waals surface area contributed by atoms with E-state index < -0.39 is 24.6 Å². The highest BCUT2D eigenvalue weighted by atomic mass is 31.2. The van der Waals surface area contributed by atoms with E-state index in [-0.39, 0.29) is 60.3 Å². The fourth-order valence-corrected chi connectivity index (χ4v) is 8.36. The van der Waals surface area contributed by atoms with Crippen LogP contribution in [-0.2, 0) is 15.8 Å². The quantitative estimate of drug-likeness (QED) is 0.641. The number of fused-ring (bicyclic) bond motifs is 1. The molecule has 3 fully saturated rings. The van der Waals surface area contributed by atoms with Crippen molar-refractivity contribution in [3.05, 3.63) is 53.5 Å². The molecule has 10 heteroatoms. The highest BCUT2D eigenvalue weighted by Gasteiger charge is 2.40. The van der Waals surface area contributed by atoms with Gasteiger partial charge in [-0.2, -0.15) is 0 Å². The Balaban J connectivity index is 1.32. The Morgan fingerprint density at radius 1 is 1.06 bits per heavy atom. The predicted molar refractivity (Wildman–Crippen MR) is 124 cm³/mol. The maximum Gasteiger partial charge on any atom is 0.237 e. The van der Waals surface area contributed by atoms with Gasteiger partial charge in [0.25, 0.3) is 0 Å². The normalized spacial score (nSPS) is 26.6. The van der Waals surface area contributed by atoms with Crippen molar-refractivity contribution in [3.8, 4) is 0 Å². The van der Waals surface area contributed by atoms with Gasteiger partial charge < -0.3 is 9.46 Å². The number of hydrogen-bond acceptors (Lipinski definition) is 5. The number of anilines is 1. The molecule has 182 valence electrons. The van der Waals surface area contributed by atoms with Crippen LogP contribution in [0.15, 0.2) is 30.5 Å². The molecule has 3 aliphatic rings. The number of carbonyl (C=O) groups excluding carboxylic acids is 1. The Bertz CT molecular complexity index is 1140. The second kappa shape index (κ2) is 9.34. The molecule has 3 unspecified atom stereocenters. The lowest BCUT2D eigenvalue weighted by molar-refractivity contribution is -0.133. The lowest BCUT2D eigenvalue weighted by Crippen LogP contribution is -2.60. The van der Waals surface area contributed by atoms with E-state index in [1.807, 2.05) is 0 Å². The molecule has 1 aromatic carbocycles. The number of nitrogens with one attached hydrogen (secondary N) is 2. The molecule has 3 heterocycles. The fourth-order valence-electron chi connectivity index (χ4n) is 5.66. The number of hydrazine groups is 1. The van der Waals surface area contributed by atoms with Gasteiger partial charge in [0.2, 0.25) is 5.91 Å². The minimum Gasteiger partial charge on any atom is -0.353 e. The van der Waals surface area contributed by atoms with Crippen LogP contribution in [0.1, 0.15) is 31.2 Å². The molecular formula is C24H28F3N4O2P. The number of amides is 1. The molecule has 0 radical (unpaired) electrons. The monoisotopic (exact) mass is 492 g/mol. The minimum absolute atomic E-state index is 0.00284. The van der Waals surface area contributed by atoms with Crippen LogP contribution in [0.2, 0.25) is 0 Å². The Kier molecular flexibility index (Phi) is 6.42. The van der Waals surface area contributed by atoms with Gasteiger partial charge in [-0.1, -0.05) is 18.9 Å². The Morgan fingerprint density at radius 3 is 2.59 bits per heavy atom. The molecule has 1 aromatic heterocycles. The number of carbonyl (C=O) groups is 1. The molecule has 1 aliphatic carbocycles. The molecule has 2 saturated heterocycles. The molecule has 0 spiro atoms. The van der Waals surface area contributed by atoms with Crippen LogP contribution in [0.3, 0.4) is 0 Å². The van der Waals surface area contributed by atoms with Crippen molar-refractivity contribution < 1.29 is 22.5 Å². The van der Waals surface area contributed by atoms with E-state index in [0.29, 0.717) is 6.42 Å². The maximum atomic E-state index is 14.9. The summed E-state index contributed by atoms with van der Waals surface area (Å²) in [5.74, 6) is -1.71. The van der Waals surface area contributed by atoms with Crippen LogP contribution in [-0.4, -0.2) is 42.3 Å². The van der Waals surface area contributed by atoms with Gasteiger partial charge >= 0.3 is 0 Å². The van der Waals surface area contributed by atoms with Crippen molar-refractivity contribution in [2.75, 3.05) is 30.3 Å². The van der Waals surface area contributed by atoms with E-state index in [1.54, 1.807) is 17.0 Å². The largest absolute Gasteiger partial charge is 0.353 e. The van der Waals surface area contributed by atoms with E-state index in [4.69, 9.17) is 0 Å². The minimum atomic E-state index is -3.04. The zero-order valence-electron chi connectivity index (χ0n) is 18.8. The molecule has 34 heavy (non-hydrogen) atoms. The first-order valence-corrected chi connectivity index (χ1v) is 13.9. The van der Waals surface area contributed by atoms with Crippen LogP contribution >= 0.6 is 7.14 Å². The number of nitrogens with zero attached hydrogens (tertiary/aromatic N) is 2. The average Bonchev–Trinajstić information content (AvgIpc) is 2.83. The highest BCUT2D eigenvalue weighted by Crippen LogP contribution is 2.48. The summed E-state index contributed by atoms with van der Waals surface area (Å²) in [6.07, 6.45) is 5.95. The predicted octanol–water partition coefficient (Wildman–Crippen LogP) is 3.36. The highest BCUT2D eigenvalue weighted by molar-refractivity contribution is 7.71. The number of aromatic nitrogens is 1. The molecular weight excluding hydrogens is 464 g/mol. The van der Waals surface area contributed by atoms with E-state index in [0.717, 1.165) is 43.5 Å². The van der Waals surface area contributed by atoms with Gasteiger partial charge in [-0.05, 0) is 42.9 Å². The molecule has 6 nitrogen and oxygen atoms in total. The summed E-state index contributed by atoms with van der Waals surface area (Å²) >= 11 is 0. The number of hydrogen-bond donors (Lipinski definition) is 2. The lowest BCUT2D eigenvalue weighted by Gasteiger charge is -2.41. The Hall–Kier alpha value is -2.38. The third-order valence-corrected chi connectivity index (χ3v) is 10.6. The van der Waals surface area contributed by atoms with Gasteiger partial charge in [0, 0.05) is 48.7 Å². The molecule has 0 bridgehead atoms. The molecule has 2 aromatic rings. The van der Waals surface area contributed by atoms with E-state index in [2.05, 4.69) is 15.8 Å². The van der Waals surface area contributed by atoms with Crippen molar-refractivity contribution in [2.45, 2.75) is 38.1 Å². The van der Waals surface area contributed by atoms with E-state index in [1.165, 1.54) is 6.07 Å². The maximum absolute atomic E-state index is 14.9. The smallest absolute Gasteiger partial charge is 0.237 e. The van der Waals surface area contributed by atoms with Gasteiger partial charge in [-0.3, -0.25) is 10.2 Å². The van der Waals surface area contributed by atoms with Crippen LogP contribution < -0.4 is 21.1 Å². The first kappa shape index (κ1) is 23.4. The van der Waals surface area contributed by atoms with Crippen molar-refractivity contribution in [3.63, 3.8) is 0 Å². The molecule has 3 atom stereocenters. The third-order valence-electron chi connectivity index (χ3n) is 7.51. The standard InChI is InChI=1S/C24H28F3N4O2P/c25-16-13-20(27)23(28-14-16)31-7-9-34(33,10-8-31)22-12-15(5-6-19(22)26)11-21-17-3-1-2-4-18(17)24(32)30-29-21/h5-6,12-14,17-18,21,29H,1-4,7-11H2,(H,30,32). The lowest BCUT2D eigenvalue weighted by atomic mass is 9.72. The van der Waals surface area contributed by atoms with Crippen LogP contribution in [0.4, 0.5) is 19.0 Å². The van der Waals surface area contributed by atoms with E-state index >= 15 is 0 Å². The average molecular weight is 492 g/mol. The summed E-state index contributed by atoms with van der Waals surface area (Å²) in [5.41, 5.74) is 6.80. The summed E-state index contributed by atoms with van der Waals surface area (Å²) in [4.78, 5) is 17.7. The fraction of sp³-hybridized carbons (Fsp3) is 0.500. The van der Waals surface area contributed by atoms with Crippen molar-refractivity contribution in [1.29, 1.82) is 0 Å². The summed E-state index contributed by atoms with van der Waals surface area (Å²) in [6.45, 7) is 0.493. The molecule has 1 saturated carbocycles. The first-order chi connectivity index (χ1) is 16.3. The van der Waals surface area contributed by atoms with Crippen molar-refractivity contribution in [2.24, 2.45) is 11.8 Å². The summed E-state index contributed by atoms with van der Waals surface area (Å²) < 4.78 is 55.9. The number of rotatable bonds is 4. The van der Waals surface area contributed by atoms with Gasteiger partial charge in [-0.25, -0.2) is 23.6 Å². The zero-order chi connectivity index (χ0) is 23.9. The van der Waals surface area contributed by atoms with Gasteiger partial charge in [0.15, 0.2) is 11.6 Å². The molecule has 5 rings (SSSR count). The van der Waals surface area contributed by atoms with Crippen molar-refractivity contribution >= 4 is 24.2 Å². The molecule has 2 aliphatic heterocycles. The SMILES string of the molecule is O=C1NNC(Cc2ccc(F)c(P3(=O)CCN(c4ncc(F)cc4F)CC3)c2)C2CCCCC12. The summed E-state index contributed by atoms with van der Waals surface area (Å²) in [7, 11) is -3.04. The van der Waals surface area contributed by atoms with Crippen LogP contribution in [0.25, 0.3) is 0 Å². The van der Waals surface area contributed by atoms with E-state index in [9.17, 15) is 22.5 Å². The van der Waals surface area contributed by atoms with Crippen LogP contribution in [0.5, 0.6) is 0 Å². The number of halogens is 3. The van der Waals surface area contributed by atoms with Gasteiger partial charge in [-0.15, -0.1) is 0 Å².